The fourth-order valence-corrected chi connectivity index (χ4v) is 2.79. The van der Waals surface area contributed by atoms with Crippen LogP contribution in [0.4, 0.5) is 24.5 Å². The number of carbonyl (C=O) groups is 2. The molecule has 0 saturated carbocycles. The second-order valence-corrected chi connectivity index (χ2v) is 5.92. The first-order valence-corrected chi connectivity index (χ1v) is 8.10. The number of morpholine rings is 1. The minimum absolute atomic E-state index is 0.0549. The Morgan fingerprint density at radius 2 is 1.92 bits per heavy atom. The van der Waals surface area contributed by atoms with Gasteiger partial charge in [0.15, 0.2) is 6.61 Å². The largest absolute Gasteiger partial charge is 0.482 e. The number of hydrogen-bond acceptors (Lipinski definition) is 5. The molecule has 2 heterocycles. The number of fused-ring (bicyclic) bond motifs is 1. The number of amides is 2. The summed E-state index contributed by atoms with van der Waals surface area (Å²) in [4.78, 5) is 26.9. The maximum Gasteiger partial charge on any atom is 0.471 e. The molecule has 2 aliphatic heterocycles. The van der Waals surface area contributed by atoms with Gasteiger partial charge in [0.2, 0.25) is 0 Å². The summed E-state index contributed by atoms with van der Waals surface area (Å²) in [5, 5.41) is 1.79. The molecule has 1 N–H and O–H groups in total. The van der Waals surface area contributed by atoms with Crippen LogP contribution in [0, 0.1) is 0 Å². The molecular formula is C16H18F3N3O4. The van der Waals surface area contributed by atoms with Crippen molar-refractivity contribution in [2.24, 2.45) is 0 Å². The zero-order valence-electron chi connectivity index (χ0n) is 13.8. The number of nitrogens with one attached hydrogen (secondary N) is 1. The number of ether oxygens (including phenoxy) is 2. The molecule has 0 bridgehead atoms. The smallest absolute Gasteiger partial charge is 0.471 e. The lowest BCUT2D eigenvalue weighted by Gasteiger charge is -2.33. The highest BCUT2D eigenvalue weighted by atomic mass is 19.4. The number of anilines is 2. The van der Waals surface area contributed by atoms with E-state index in [2.05, 4.69) is 4.90 Å². The van der Waals surface area contributed by atoms with Crippen LogP contribution in [0.2, 0.25) is 0 Å². The van der Waals surface area contributed by atoms with Crippen LogP contribution in [0.3, 0.4) is 0 Å². The lowest BCUT2D eigenvalue weighted by Crippen LogP contribution is -2.46. The Balaban J connectivity index is 1.74. The second-order valence-electron chi connectivity index (χ2n) is 5.92. The molecule has 1 aromatic rings. The highest BCUT2D eigenvalue weighted by molar-refractivity contribution is 6.00. The zero-order chi connectivity index (χ0) is 18.7. The van der Waals surface area contributed by atoms with E-state index in [4.69, 9.17) is 9.47 Å². The third-order valence-corrected chi connectivity index (χ3v) is 4.16. The van der Waals surface area contributed by atoms with E-state index < -0.39 is 12.1 Å². The highest BCUT2D eigenvalue weighted by Gasteiger charge is 2.39. The van der Waals surface area contributed by atoms with E-state index in [1.54, 1.807) is 5.32 Å². The maximum absolute atomic E-state index is 12.4. The molecule has 1 saturated heterocycles. The SMILES string of the molecule is O=C1COc2ccc(NC(=O)C(F)(F)F)cc2N1CCN1CCOCC1. The third kappa shape index (κ3) is 4.25. The maximum atomic E-state index is 12.4. The molecule has 1 aromatic carbocycles. The Morgan fingerprint density at radius 1 is 1.19 bits per heavy atom. The van der Waals surface area contributed by atoms with E-state index in [9.17, 15) is 22.8 Å². The van der Waals surface area contributed by atoms with Crippen molar-refractivity contribution in [1.82, 2.24) is 4.90 Å². The van der Waals surface area contributed by atoms with Gasteiger partial charge in [-0.15, -0.1) is 0 Å². The molecule has 0 aromatic heterocycles. The summed E-state index contributed by atoms with van der Waals surface area (Å²) < 4.78 is 47.9. The molecule has 2 amide bonds. The number of carbonyl (C=O) groups excluding carboxylic acids is 2. The van der Waals surface area contributed by atoms with E-state index in [1.807, 2.05) is 0 Å². The second kappa shape index (κ2) is 7.50. The third-order valence-electron chi connectivity index (χ3n) is 4.16. The summed E-state index contributed by atoms with van der Waals surface area (Å²) in [6, 6.07) is 4.06. The zero-order valence-corrected chi connectivity index (χ0v) is 13.8. The highest BCUT2D eigenvalue weighted by Crippen LogP contribution is 2.35. The summed E-state index contributed by atoms with van der Waals surface area (Å²) in [6.07, 6.45) is -4.99. The minimum atomic E-state index is -4.99. The Morgan fingerprint density at radius 3 is 2.62 bits per heavy atom. The van der Waals surface area contributed by atoms with E-state index in [0.717, 1.165) is 13.1 Å². The average Bonchev–Trinajstić information content (AvgIpc) is 2.61. The Hall–Kier alpha value is -2.33. The van der Waals surface area contributed by atoms with Crippen molar-refractivity contribution in [1.29, 1.82) is 0 Å². The summed E-state index contributed by atoms with van der Waals surface area (Å²) in [5.41, 5.74) is 0.287. The fraction of sp³-hybridized carbons (Fsp3) is 0.500. The van der Waals surface area contributed by atoms with Crippen LogP contribution in [0.15, 0.2) is 18.2 Å². The Bertz CT molecular complexity index is 690. The first-order valence-electron chi connectivity index (χ1n) is 8.10. The van der Waals surface area contributed by atoms with Gasteiger partial charge < -0.3 is 19.7 Å². The van der Waals surface area contributed by atoms with Crippen molar-refractivity contribution < 1.29 is 32.2 Å². The van der Waals surface area contributed by atoms with Gasteiger partial charge in [-0.1, -0.05) is 0 Å². The van der Waals surface area contributed by atoms with Gasteiger partial charge >= 0.3 is 12.1 Å². The van der Waals surface area contributed by atoms with Gasteiger partial charge in [0.05, 0.1) is 18.9 Å². The standard InChI is InChI=1S/C16H18F3N3O4/c17-16(18,19)15(24)20-11-1-2-13-12(9-11)22(14(23)10-26-13)4-3-21-5-7-25-8-6-21/h1-2,9H,3-8,10H2,(H,20,24). The number of halogens is 3. The van der Waals surface area contributed by atoms with Crippen molar-refractivity contribution in [2.45, 2.75) is 6.18 Å². The molecule has 3 rings (SSSR count). The minimum Gasteiger partial charge on any atom is -0.482 e. The van der Waals surface area contributed by atoms with Crippen LogP contribution in [0.25, 0.3) is 0 Å². The molecule has 0 aliphatic carbocycles. The number of hydrogen-bond donors (Lipinski definition) is 1. The van der Waals surface area contributed by atoms with Gasteiger partial charge in [0.1, 0.15) is 5.75 Å². The van der Waals surface area contributed by atoms with E-state index in [1.165, 1.54) is 23.1 Å². The lowest BCUT2D eigenvalue weighted by atomic mass is 10.2. The molecule has 0 atom stereocenters. The predicted molar refractivity (Wildman–Crippen MR) is 86.2 cm³/mol. The molecular weight excluding hydrogens is 355 g/mol. The van der Waals surface area contributed by atoms with Gasteiger partial charge in [-0.3, -0.25) is 14.5 Å². The molecule has 142 valence electrons. The summed E-state index contributed by atoms with van der Waals surface area (Å²) in [5.74, 6) is -1.97. The first kappa shape index (κ1) is 18.5. The van der Waals surface area contributed by atoms with Gasteiger partial charge in [-0.2, -0.15) is 13.2 Å². The van der Waals surface area contributed by atoms with Crippen LogP contribution in [-0.4, -0.2) is 68.9 Å². The molecule has 0 spiro atoms. The molecule has 2 aliphatic rings. The first-order chi connectivity index (χ1) is 12.3. The molecule has 0 unspecified atom stereocenters. The normalized spacial score (nSPS) is 18.3. The van der Waals surface area contributed by atoms with Crippen molar-refractivity contribution in [3.05, 3.63) is 18.2 Å². The topological polar surface area (TPSA) is 71.1 Å². The van der Waals surface area contributed by atoms with Gasteiger partial charge in [-0.05, 0) is 18.2 Å². The summed E-state index contributed by atoms with van der Waals surface area (Å²) >= 11 is 0. The predicted octanol–water partition coefficient (Wildman–Crippen LogP) is 1.24. The van der Waals surface area contributed by atoms with Gasteiger partial charge in [0, 0.05) is 31.9 Å². The quantitative estimate of drug-likeness (QED) is 0.860. The molecule has 7 nitrogen and oxygen atoms in total. The molecule has 10 heteroatoms. The number of benzene rings is 1. The van der Waals surface area contributed by atoms with Crippen LogP contribution in [0.5, 0.6) is 5.75 Å². The van der Waals surface area contributed by atoms with E-state index in [-0.39, 0.29) is 18.2 Å². The van der Waals surface area contributed by atoms with Crippen molar-refractivity contribution in [2.75, 3.05) is 56.2 Å². The van der Waals surface area contributed by atoms with Crippen molar-refractivity contribution >= 4 is 23.2 Å². The van der Waals surface area contributed by atoms with Crippen molar-refractivity contribution in [3.63, 3.8) is 0 Å². The van der Waals surface area contributed by atoms with Crippen LogP contribution >= 0.6 is 0 Å². The van der Waals surface area contributed by atoms with Crippen molar-refractivity contribution in [3.8, 4) is 5.75 Å². The monoisotopic (exact) mass is 373 g/mol. The van der Waals surface area contributed by atoms with Crippen LogP contribution < -0.4 is 15.0 Å². The number of alkyl halides is 3. The summed E-state index contributed by atoms with van der Waals surface area (Å²) in [6.45, 7) is 3.60. The Kier molecular flexibility index (Phi) is 5.33. The molecule has 1 fully saturated rings. The lowest BCUT2D eigenvalue weighted by molar-refractivity contribution is -0.167. The van der Waals surface area contributed by atoms with Crippen LogP contribution in [-0.2, 0) is 14.3 Å². The number of nitrogens with zero attached hydrogens (tertiary/aromatic N) is 2. The fourth-order valence-electron chi connectivity index (χ4n) is 2.79. The average molecular weight is 373 g/mol. The van der Waals surface area contributed by atoms with E-state index >= 15 is 0 Å². The Labute approximate surface area is 147 Å². The molecule has 26 heavy (non-hydrogen) atoms. The van der Waals surface area contributed by atoms with E-state index in [0.29, 0.717) is 37.7 Å². The molecule has 0 radical (unpaired) electrons. The number of rotatable bonds is 4. The van der Waals surface area contributed by atoms with Gasteiger partial charge in [0.25, 0.3) is 5.91 Å². The van der Waals surface area contributed by atoms with Gasteiger partial charge in [-0.25, -0.2) is 0 Å². The van der Waals surface area contributed by atoms with Crippen LogP contribution in [0.1, 0.15) is 0 Å². The summed E-state index contributed by atoms with van der Waals surface area (Å²) in [7, 11) is 0.